The third kappa shape index (κ3) is 2.72. The van der Waals surface area contributed by atoms with E-state index in [4.69, 9.17) is 4.74 Å². The van der Waals surface area contributed by atoms with E-state index < -0.39 is 11.8 Å². The first kappa shape index (κ1) is 14.7. The van der Waals surface area contributed by atoms with Gasteiger partial charge in [-0.05, 0) is 46.5 Å². The Kier molecular flexibility index (Phi) is 3.90. The van der Waals surface area contributed by atoms with Crippen LogP contribution in [-0.2, 0) is 4.79 Å². The fourth-order valence-electron chi connectivity index (χ4n) is 2.59. The van der Waals surface area contributed by atoms with Crippen molar-refractivity contribution in [3.63, 3.8) is 0 Å². The molecule has 1 aliphatic rings. The van der Waals surface area contributed by atoms with Crippen LogP contribution in [0.3, 0.4) is 0 Å². The normalized spacial score (nSPS) is 17.0. The molecule has 0 amide bonds. The molecule has 0 aliphatic heterocycles. The molecule has 112 valence electrons. The Balaban J connectivity index is 1.85. The van der Waals surface area contributed by atoms with Crippen LogP contribution in [0.25, 0.3) is 6.08 Å². The molecule has 3 nitrogen and oxygen atoms in total. The molecule has 22 heavy (non-hydrogen) atoms. The lowest BCUT2D eigenvalue weighted by Crippen LogP contribution is -2.08. The highest BCUT2D eigenvalue weighted by Crippen LogP contribution is 2.39. The molecule has 0 radical (unpaired) electrons. The van der Waals surface area contributed by atoms with Crippen molar-refractivity contribution in [1.29, 1.82) is 0 Å². The van der Waals surface area contributed by atoms with Gasteiger partial charge in [0.1, 0.15) is 11.6 Å². The van der Waals surface area contributed by atoms with Gasteiger partial charge in [-0.2, -0.15) is 11.3 Å². The molecule has 2 aromatic rings. The predicted molar refractivity (Wildman–Crippen MR) is 82.8 cm³/mol. The van der Waals surface area contributed by atoms with Gasteiger partial charge in [0.05, 0.1) is 5.56 Å². The average molecular weight is 316 g/mol. The second kappa shape index (κ2) is 5.85. The molecule has 1 aromatic heterocycles. The smallest absolute Gasteiger partial charge is 0.336 e. The highest BCUT2D eigenvalue weighted by atomic mass is 32.1. The third-order valence-electron chi connectivity index (χ3n) is 3.58. The van der Waals surface area contributed by atoms with Crippen molar-refractivity contribution in [2.75, 3.05) is 0 Å². The standard InChI is InChI=1S/C17H13FO3S/c1-10-8-13(19)17-14(4-3-12(18)16(10)17)21-15(20)5-2-11-6-7-22-9-11/h2-7,9-10H,8H2,1H3/b5-2+. The number of carbonyl (C=O) groups is 2. The van der Waals surface area contributed by atoms with Crippen LogP contribution in [0.1, 0.15) is 40.7 Å². The molecule has 0 saturated carbocycles. The number of benzene rings is 1. The van der Waals surface area contributed by atoms with E-state index in [0.717, 1.165) is 5.56 Å². The van der Waals surface area contributed by atoms with Crippen LogP contribution < -0.4 is 4.74 Å². The summed E-state index contributed by atoms with van der Waals surface area (Å²) in [7, 11) is 0. The number of hydrogen-bond donors (Lipinski definition) is 0. The van der Waals surface area contributed by atoms with E-state index in [2.05, 4.69) is 0 Å². The molecule has 0 spiro atoms. The van der Waals surface area contributed by atoms with Crippen molar-refractivity contribution < 1.29 is 18.7 Å². The van der Waals surface area contributed by atoms with Crippen molar-refractivity contribution in [2.24, 2.45) is 0 Å². The summed E-state index contributed by atoms with van der Waals surface area (Å²) < 4.78 is 19.1. The quantitative estimate of drug-likeness (QED) is 0.484. The van der Waals surface area contributed by atoms with Gasteiger partial charge >= 0.3 is 5.97 Å². The minimum Gasteiger partial charge on any atom is -0.423 e. The SMILES string of the molecule is CC1CC(=O)c2c(OC(=O)/C=C/c3ccsc3)ccc(F)c21. The maximum atomic E-state index is 13.9. The summed E-state index contributed by atoms with van der Waals surface area (Å²) in [6, 6.07) is 4.44. The molecule has 0 N–H and O–H groups in total. The van der Waals surface area contributed by atoms with E-state index in [1.54, 1.807) is 13.0 Å². The number of esters is 1. The average Bonchev–Trinajstić information content (AvgIpc) is 3.08. The maximum absolute atomic E-state index is 13.9. The lowest BCUT2D eigenvalue weighted by Gasteiger charge is -2.09. The Morgan fingerprint density at radius 1 is 1.41 bits per heavy atom. The molecular weight excluding hydrogens is 303 g/mol. The van der Waals surface area contributed by atoms with Crippen LogP contribution >= 0.6 is 11.3 Å². The molecule has 1 aliphatic carbocycles. The van der Waals surface area contributed by atoms with E-state index in [9.17, 15) is 14.0 Å². The van der Waals surface area contributed by atoms with Gasteiger partial charge in [-0.25, -0.2) is 9.18 Å². The van der Waals surface area contributed by atoms with Crippen LogP contribution in [0.5, 0.6) is 5.75 Å². The lowest BCUT2D eigenvalue weighted by atomic mass is 10.0. The van der Waals surface area contributed by atoms with Gasteiger partial charge in [0.25, 0.3) is 0 Å². The molecule has 0 bridgehead atoms. The number of rotatable bonds is 3. The van der Waals surface area contributed by atoms with Gasteiger partial charge in [0.15, 0.2) is 5.78 Å². The molecule has 3 rings (SSSR count). The van der Waals surface area contributed by atoms with Crippen LogP contribution in [0.4, 0.5) is 4.39 Å². The minimum atomic E-state index is -0.590. The topological polar surface area (TPSA) is 43.4 Å². The van der Waals surface area contributed by atoms with E-state index in [1.807, 2.05) is 16.8 Å². The van der Waals surface area contributed by atoms with Crippen LogP contribution in [-0.4, -0.2) is 11.8 Å². The Labute approximate surface area is 131 Å². The number of Topliss-reactive ketones (excluding diaryl/α,β-unsaturated/α-hetero) is 1. The molecular formula is C17H13FO3S. The van der Waals surface area contributed by atoms with Gasteiger partial charge in [0.2, 0.25) is 0 Å². The first-order valence-electron chi connectivity index (χ1n) is 6.84. The molecule has 1 atom stereocenters. The maximum Gasteiger partial charge on any atom is 0.336 e. The summed E-state index contributed by atoms with van der Waals surface area (Å²) in [6.45, 7) is 1.79. The Bertz CT molecular complexity index is 762. The highest BCUT2D eigenvalue weighted by molar-refractivity contribution is 7.08. The van der Waals surface area contributed by atoms with Gasteiger partial charge in [-0.1, -0.05) is 6.92 Å². The van der Waals surface area contributed by atoms with Gasteiger partial charge in [-0.3, -0.25) is 4.79 Å². The van der Waals surface area contributed by atoms with Crippen LogP contribution in [0.15, 0.2) is 35.0 Å². The monoisotopic (exact) mass is 316 g/mol. The Hall–Kier alpha value is -2.27. The Morgan fingerprint density at radius 3 is 2.95 bits per heavy atom. The number of thiophene rings is 1. The second-order valence-electron chi connectivity index (χ2n) is 5.17. The fraction of sp³-hybridized carbons (Fsp3) is 0.176. The van der Waals surface area contributed by atoms with E-state index in [-0.39, 0.29) is 29.4 Å². The fourth-order valence-corrected chi connectivity index (χ4v) is 3.22. The Morgan fingerprint density at radius 2 is 2.23 bits per heavy atom. The summed E-state index contributed by atoms with van der Waals surface area (Å²) in [6.07, 6.45) is 3.17. The van der Waals surface area contributed by atoms with E-state index in [1.165, 1.54) is 29.5 Å². The molecule has 0 saturated heterocycles. The van der Waals surface area contributed by atoms with Crippen molar-refractivity contribution >= 4 is 29.2 Å². The lowest BCUT2D eigenvalue weighted by molar-refractivity contribution is -0.128. The zero-order chi connectivity index (χ0) is 15.7. The molecule has 0 fully saturated rings. The zero-order valence-electron chi connectivity index (χ0n) is 11.8. The summed E-state index contributed by atoms with van der Waals surface area (Å²) in [5.41, 5.74) is 1.44. The van der Waals surface area contributed by atoms with E-state index in [0.29, 0.717) is 5.56 Å². The number of carbonyl (C=O) groups excluding carboxylic acids is 2. The largest absolute Gasteiger partial charge is 0.423 e. The molecule has 5 heteroatoms. The second-order valence-corrected chi connectivity index (χ2v) is 5.95. The highest BCUT2D eigenvalue weighted by Gasteiger charge is 2.32. The first-order chi connectivity index (χ1) is 10.6. The van der Waals surface area contributed by atoms with Crippen molar-refractivity contribution in [3.05, 3.63) is 57.5 Å². The number of halogens is 1. The van der Waals surface area contributed by atoms with Gasteiger partial charge in [0, 0.05) is 18.1 Å². The minimum absolute atomic E-state index is 0.130. The first-order valence-corrected chi connectivity index (χ1v) is 7.78. The van der Waals surface area contributed by atoms with Crippen LogP contribution in [0, 0.1) is 5.82 Å². The van der Waals surface area contributed by atoms with Crippen molar-refractivity contribution in [2.45, 2.75) is 19.3 Å². The summed E-state index contributed by atoms with van der Waals surface area (Å²) in [5.74, 6) is -1.27. The number of hydrogen-bond acceptors (Lipinski definition) is 4. The number of fused-ring (bicyclic) bond motifs is 1. The van der Waals surface area contributed by atoms with Gasteiger partial charge < -0.3 is 4.74 Å². The van der Waals surface area contributed by atoms with Crippen molar-refractivity contribution in [1.82, 2.24) is 0 Å². The molecule has 1 heterocycles. The number of ketones is 1. The van der Waals surface area contributed by atoms with Gasteiger partial charge in [-0.15, -0.1) is 0 Å². The third-order valence-corrected chi connectivity index (χ3v) is 4.28. The predicted octanol–water partition coefficient (Wildman–Crippen LogP) is 4.20. The summed E-state index contributed by atoms with van der Waals surface area (Å²) in [5, 5.41) is 3.79. The van der Waals surface area contributed by atoms with Crippen LogP contribution in [0.2, 0.25) is 0 Å². The zero-order valence-corrected chi connectivity index (χ0v) is 12.7. The number of ether oxygens (including phenoxy) is 1. The summed E-state index contributed by atoms with van der Waals surface area (Å²) >= 11 is 1.52. The van der Waals surface area contributed by atoms with E-state index >= 15 is 0 Å². The van der Waals surface area contributed by atoms with Crippen molar-refractivity contribution in [3.8, 4) is 5.75 Å². The summed E-state index contributed by atoms with van der Waals surface area (Å²) in [4.78, 5) is 23.9. The molecule has 1 unspecified atom stereocenters. The molecule has 1 aromatic carbocycles.